The van der Waals surface area contributed by atoms with Crippen molar-refractivity contribution in [3.05, 3.63) is 29.8 Å². The Balaban J connectivity index is 2.29. The minimum atomic E-state index is 0.0472. The molecule has 1 aromatic carbocycles. The van der Waals surface area contributed by atoms with E-state index < -0.39 is 0 Å². The Morgan fingerprint density at radius 3 is 2.88 bits per heavy atom. The SMILES string of the molecule is CC1CNN(c2ccccc2CCN)C1=O. The van der Waals surface area contributed by atoms with Gasteiger partial charge in [0.15, 0.2) is 0 Å². The maximum atomic E-state index is 11.9. The van der Waals surface area contributed by atoms with Crippen molar-refractivity contribution >= 4 is 11.6 Å². The fourth-order valence-electron chi connectivity index (χ4n) is 1.91. The largest absolute Gasteiger partial charge is 0.330 e. The molecule has 0 radical (unpaired) electrons. The third-order valence-electron chi connectivity index (χ3n) is 2.84. The Hall–Kier alpha value is -1.39. The molecule has 1 aliphatic rings. The Bertz CT molecular complexity index is 392. The molecular formula is C12H17N3O. The first-order valence-electron chi connectivity index (χ1n) is 5.59. The van der Waals surface area contributed by atoms with Gasteiger partial charge in [0.2, 0.25) is 5.91 Å². The zero-order valence-electron chi connectivity index (χ0n) is 9.44. The number of para-hydroxylation sites is 1. The number of nitrogens with zero attached hydrogens (tertiary/aromatic N) is 1. The van der Waals surface area contributed by atoms with Crippen molar-refractivity contribution in [3.8, 4) is 0 Å². The van der Waals surface area contributed by atoms with Gasteiger partial charge in [-0.3, -0.25) is 4.79 Å². The molecule has 16 heavy (non-hydrogen) atoms. The van der Waals surface area contributed by atoms with Gasteiger partial charge in [-0.1, -0.05) is 25.1 Å². The summed E-state index contributed by atoms with van der Waals surface area (Å²) in [6.45, 7) is 3.23. The minimum Gasteiger partial charge on any atom is -0.330 e. The molecule has 3 N–H and O–H groups in total. The zero-order valence-corrected chi connectivity index (χ0v) is 9.44. The number of hydrazine groups is 1. The van der Waals surface area contributed by atoms with E-state index in [-0.39, 0.29) is 11.8 Å². The van der Waals surface area contributed by atoms with E-state index in [0.29, 0.717) is 13.1 Å². The van der Waals surface area contributed by atoms with E-state index in [1.54, 1.807) is 5.01 Å². The molecule has 1 amide bonds. The van der Waals surface area contributed by atoms with Crippen molar-refractivity contribution in [1.82, 2.24) is 5.43 Å². The monoisotopic (exact) mass is 219 g/mol. The van der Waals surface area contributed by atoms with Gasteiger partial charge in [0.05, 0.1) is 11.6 Å². The molecule has 1 aliphatic heterocycles. The van der Waals surface area contributed by atoms with Crippen LogP contribution >= 0.6 is 0 Å². The molecule has 1 heterocycles. The highest BCUT2D eigenvalue weighted by Gasteiger charge is 2.29. The van der Waals surface area contributed by atoms with Gasteiger partial charge in [-0.2, -0.15) is 0 Å². The van der Waals surface area contributed by atoms with E-state index in [0.717, 1.165) is 17.7 Å². The highest BCUT2D eigenvalue weighted by Crippen LogP contribution is 2.23. The molecule has 0 spiro atoms. The van der Waals surface area contributed by atoms with E-state index in [2.05, 4.69) is 5.43 Å². The Kier molecular flexibility index (Phi) is 3.22. The molecular weight excluding hydrogens is 202 g/mol. The summed E-state index contributed by atoms with van der Waals surface area (Å²) in [7, 11) is 0. The number of anilines is 1. The molecule has 1 atom stereocenters. The first kappa shape index (κ1) is 11.1. The quantitative estimate of drug-likeness (QED) is 0.785. The molecule has 0 aliphatic carbocycles. The summed E-state index contributed by atoms with van der Waals surface area (Å²) in [5.41, 5.74) is 10.7. The Morgan fingerprint density at radius 2 is 2.25 bits per heavy atom. The van der Waals surface area contributed by atoms with Crippen LogP contribution in [-0.4, -0.2) is 19.0 Å². The van der Waals surface area contributed by atoms with Gasteiger partial charge >= 0.3 is 0 Å². The third kappa shape index (κ3) is 1.94. The van der Waals surface area contributed by atoms with Crippen LogP contribution in [0.1, 0.15) is 12.5 Å². The van der Waals surface area contributed by atoms with Crippen molar-refractivity contribution < 1.29 is 4.79 Å². The fraction of sp³-hybridized carbons (Fsp3) is 0.417. The maximum absolute atomic E-state index is 11.9. The number of benzene rings is 1. The van der Waals surface area contributed by atoms with Gasteiger partial charge in [-0.05, 0) is 24.6 Å². The number of nitrogens with two attached hydrogens (primary N) is 1. The van der Waals surface area contributed by atoms with Gasteiger partial charge in [-0.25, -0.2) is 10.4 Å². The number of carbonyl (C=O) groups is 1. The van der Waals surface area contributed by atoms with E-state index in [1.165, 1.54) is 0 Å². The topological polar surface area (TPSA) is 58.4 Å². The molecule has 2 rings (SSSR count). The lowest BCUT2D eigenvalue weighted by Crippen LogP contribution is -2.35. The van der Waals surface area contributed by atoms with Crippen LogP contribution in [0.25, 0.3) is 0 Å². The lowest BCUT2D eigenvalue weighted by molar-refractivity contribution is -0.119. The predicted octanol–water partition coefficient (Wildman–Crippen LogP) is 0.675. The van der Waals surface area contributed by atoms with Gasteiger partial charge in [-0.15, -0.1) is 0 Å². The first-order chi connectivity index (χ1) is 7.74. The molecule has 1 saturated heterocycles. The number of rotatable bonds is 3. The average Bonchev–Trinajstić information content (AvgIpc) is 2.61. The maximum Gasteiger partial charge on any atom is 0.245 e. The molecule has 1 aromatic rings. The molecule has 0 aromatic heterocycles. The molecule has 4 nitrogen and oxygen atoms in total. The number of nitrogens with one attached hydrogen (secondary N) is 1. The van der Waals surface area contributed by atoms with E-state index in [9.17, 15) is 4.79 Å². The van der Waals surface area contributed by atoms with E-state index in [4.69, 9.17) is 5.73 Å². The summed E-state index contributed by atoms with van der Waals surface area (Å²) in [6, 6.07) is 7.87. The summed E-state index contributed by atoms with van der Waals surface area (Å²) in [6.07, 6.45) is 0.788. The molecule has 0 saturated carbocycles. The van der Waals surface area contributed by atoms with Crippen LogP contribution in [0.15, 0.2) is 24.3 Å². The number of hydrogen-bond acceptors (Lipinski definition) is 3. The second-order valence-corrected chi connectivity index (χ2v) is 4.10. The van der Waals surface area contributed by atoms with E-state index >= 15 is 0 Å². The van der Waals surface area contributed by atoms with Crippen molar-refractivity contribution in [1.29, 1.82) is 0 Å². The van der Waals surface area contributed by atoms with Crippen LogP contribution in [0, 0.1) is 5.92 Å². The van der Waals surface area contributed by atoms with Crippen LogP contribution in [-0.2, 0) is 11.2 Å². The van der Waals surface area contributed by atoms with Crippen LogP contribution in [0.5, 0.6) is 0 Å². The number of carbonyl (C=O) groups excluding carboxylic acids is 1. The molecule has 1 unspecified atom stereocenters. The number of hydrogen-bond donors (Lipinski definition) is 2. The van der Waals surface area contributed by atoms with Crippen LogP contribution in [0.4, 0.5) is 5.69 Å². The molecule has 4 heteroatoms. The van der Waals surface area contributed by atoms with Gasteiger partial charge in [0, 0.05) is 6.54 Å². The molecule has 0 bridgehead atoms. The molecule has 1 fully saturated rings. The standard InChI is InChI=1S/C12H17N3O/c1-9-8-14-15(12(9)16)11-5-3-2-4-10(11)6-7-13/h2-5,9,14H,6-8,13H2,1H3. The van der Waals surface area contributed by atoms with Gasteiger partial charge in [0.1, 0.15) is 0 Å². The van der Waals surface area contributed by atoms with Crippen LogP contribution < -0.4 is 16.2 Å². The second kappa shape index (κ2) is 4.63. The van der Waals surface area contributed by atoms with Gasteiger partial charge in [0.25, 0.3) is 0 Å². The van der Waals surface area contributed by atoms with Crippen LogP contribution in [0.3, 0.4) is 0 Å². The lowest BCUT2D eigenvalue weighted by Gasteiger charge is -2.19. The second-order valence-electron chi connectivity index (χ2n) is 4.10. The fourth-order valence-corrected chi connectivity index (χ4v) is 1.91. The smallest absolute Gasteiger partial charge is 0.245 e. The van der Waals surface area contributed by atoms with Crippen molar-refractivity contribution in [2.45, 2.75) is 13.3 Å². The highest BCUT2D eigenvalue weighted by atomic mass is 16.2. The Morgan fingerprint density at radius 1 is 1.50 bits per heavy atom. The predicted molar refractivity (Wildman–Crippen MR) is 63.9 cm³/mol. The zero-order chi connectivity index (χ0) is 11.5. The van der Waals surface area contributed by atoms with Crippen molar-refractivity contribution in [3.63, 3.8) is 0 Å². The highest BCUT2D eigenvalue weighted by molar-refractivity contribution is 5.96. The van der Waals surface area contributed by atoms with Gasteiger partial charge < -0.3 is 5.73 Å². The van der Waals surface area contributed by atoms with E-state index in [1.807, 2.05) is 31.2 Å². The van der Waals surface area contributed by atoms with Crippen molar-refractivity contribution in [2.24, 2.45) is 11.7 Å². The summed E-state index contributed by atoms with van der Waals surface area (Å²) in [5, 5.41) is 1.65. The summed E-state index contributed by atoms with van der Waals surface area (Å²) in [5.74, 6) is 0.176. The van der Waals surface area contributed by atoms with Crippen LogP contribution in [0.2, 0.25) is 0 Å². The minimum absolute atomic E-state index is 0.0472. The first-order valence-corrected chi connectivity index (χ1v) is 5.59. The normalized spacial score (nSPS) is 20.5. The third-order valence-corrected chi connectivity index (χ3v) is 2.84. The Labute approximate surface area is 95.4 Å². The summed E-state index contributed by atoms with van der Waals surface area (Å²) < 4.78 is 0. The summed E-state index contributed by atoms with van der Waals surface area (Å²) in [4.78, 5) is 11.9. The number of amides is 1. The average molecular weight is 219 g/mol. The molecule has 86 valence electrons. The van der Waals surface area contributed by atoms with Crippen molar-refractivity contribution in [2.75, 3.05) is 18.1 Å². The summed E-state index contributed by atoms with van der Waals surface area (Å²) >= 11 is 0. The lowest BCUT2D eigenvalue weighted by atomic mass is 10.1.